The summed E-state index contributed by atoms with van der Waals surface area (Å²) in [5.41, 5.74) is -0.291. The van der Waals surface area contributed by atoms with Gasteiger partial charge in [0.15, 0.2) is 11.5 Å². The van der Waals surface area contributed by atoms with Crippen molar-refractivity contribution in [1.82, 2.24) is 0 Å². The van der Waals surface area contributed by atoms with Crippen LogP contribution in [0.1, 0.15) is 25.8 Å². The van der Waals surface area contributed by atoms with Gasteiger partial charge in [-0.05, 0) is 31.5 Å². The number of aliphatic hydroxyl groups is 1. The van der Waals surface area contributed by atoms with Gasteiger partial charge in [0.2, 0.25) is 0 Å². The maximum atomic E-state index is 10.5. The van der Waals surface area contributed by atoms with Gasteiger partial charge in [-0.2, -0.15) is 0 Å². The first-order valence-electron chi connectivity index (χ1n) is 6.21. The Labute approximate surface area is 107 Å². The zero-order valence-corrected chi connectivity index (χ0v) is 11.1. The van der Waals surface area contributed by atoms with E-state index in [1.807, 2.05) is 25.1 Å². The highest BCUT2D eigenvalue weighted by atomic mass is 16.5. The lowest BCUT2D eigenvalue weighted by Crippen LogP contribution is -2.35. The lowest BCUT2D eigenvalue weighted by Gasteiger charge is -2.30. The molecule has 1 aliphatic heterocycles. The molecule has 0 aromatic heterocycles. The van der Waals surface area contributed by atoms with Crippen LogP contribution in [0.25, 0.3) is 0 Å². The van der Waals surface area contributed by atoms with Crippen molar-refractivity contribution < 1.29 is 19.3 Å². The third-order valence-electron chi connectivity index (χ3n) is 3.48. The first-order valence-corrected chi connectivity index (χ1v) is 6.21. The smallest absolute Gasteiger partial charge is 0.161 e. The van der Waals surface area contributed by atoms with Gasteiger partial charge in [0, 0.05) is 13.5 Å². The van der Waals surface area contributed by atoms with Crippen molar-refractivity contribution in [2.75, 3.05) is 20.3 Å². The molecule has 0 bridgehead atoms. The first-order chi connectivity index (χ1) is 8.55. The highest BCUT2D eigenvalue weighted by molar-refractivity contribution is 5.45. The second-order valence-corrected chi connectivity index (χ2v) is 4.74. The van der Waals surface area contributed by atoms with E-state index in [1.165, 1.54) is 0 Å². The van der Waals surface area contributed by atoms with Crippen molar-refractivity contribution in [1.29, 1.82) is 0 Å². The van der Waals surface area contributed by atoms with Crippen LogP contribution in [0.15, 0.2) is 18.2 Å². The number of methoxy groups -OCH3 is 1. The average molecular weight is 252 g/mol. The predicted octanol–water partition coefficient (Wildman–Crippen LogP) is 2.09. The Hall–Kier alpha value is -1.26. The average Bonchev–Trinajstić information content (AvgIpc) is 2.61. The van der Waals surface area contributed by atoms with Gasteiger partial charge in [-0.15, -0.1) is 0 Å². The van der Waals surface area contributed by atoms with Crippen LogP contribution in [0.4, 0.5) is 0 Å². The Balaban J connectivity index is 2.33. The summed E-state index contributed by atoms with van der Waals surface area (Å²) in [6.45, 7) is 4.87. The van der Waals surface area contributed by atoms with E-state index in [0.717, 1.165) is 17.7 Å². The summed E-state index contributed by atoms with van der Waals surface area (Å²) in [6.07, 6.45) is 0.566. The maximum Gasteiger partial charge on any atom is 0.161 e. The van der Waals surface area contributed by atoms with Crippen LogP contribution < -0.4 is 9.47 Å². The van der Waals surface area contributed by atoms with E-state index in [2.05, 4.69) is 0 Å². The largest absolute Gasteiger partial charge is 0.490 e. The number of fused-ring (bicyclic) bond motifs is 1. The normalized spacial score (nSPS) is 19.8. The highest BCUT2D eigenvalue weighted by Gasteiger charge is 2.31. The van der Waals surface area contributed by atoms with Crippen LogP contribution in [0.3, 0.4) is 0 Å². The Bertz CT molecular complexity index is 414. The molecule has 0 amide bonds. The Morgan fingerprint density at radius 1 is 1.28 bits per heavy atom. The Kier molecular flexibility index (Phi) is 3.78. The second-order valence-electron chi connectivity index (χ2n) is 4.74. The standard InChI is InChI=1S/C14H20O4/c1-10(16-3)14(2,15)11-5-6-12-13(9-11)18-8-4-7-17-12/h5-6,9-10,15H,4,7-8H2,1-3H3. The second kappa shape index (κ2) is 5.16. The quantitative estimate of drug-likeness (QED) is 0.895. The molecule has 18 heavy (non-hydrogen) atoms. The third-order valence-corrected chi connectivity index (χ3v) is 3.48. The summed E-state index contributed by atoms with van der Waals surface area (Å²) in [5, 5.41) is 10.5. The van der Waals surface area contributed by atoms with Gasteiger partial charge < -0.3 is 19.3 Å². The van der Waals surface area contributed by atoms with Crippen molar-refractivity contribution >= 4 is 0 Å². The lowest BCUT2D eigenvalue weighted by atomic mass is 9.90. The number of rotatable bonds is 3. The van der Waals surface area contributed by atoms with Gasteiger partial charge in [-0.1, -0.05) is 6.07 Å². The van der Waals surface area contributed by atoms with Crippen LogP contribution in [0.5, 0.6) is 11.5 Å². The topological polar surface area (TPSA) is 47.9 Å². The van der Waals surface area contributed by atoms with E-state index in [1.54, 1.807) is 14.0 Å². The fourth-order valence-corrected chi connectivity index (χ4v) is 1.94. The lowest BCUT2D eigenvalue weighted by molar-refractivity contribution is -0.0773. The van der Waals surface area contributed by atoms with Gasteiger partial charge in [0.25, 0.3) is 0 Å². The van der Waals surface area contributed by atoms with E-state index in [0.29, 0.717) is 19.0 Å². The SMILES string of the molecule is COC(C)C(C)(O)c1ccc2c(c1)OCCCO2. The summed E-state index contributed by atoms with van der Waals surface area (Å²) in [5.74, 6) is 1.42. The summed E-state index contributed by atoms with van der Waals surface area (Å²) in [6, 6.07) is 5.52. The molecule has 0 aliphatic carbocycles. The summed E-state index contributed by atoms with van der Waals surface area (Å²) >= 11 is 0. The van der Waals surface area contributed by atoms with Crippen molar-refractivity contribution in [3.63, 3.8) is 0 Å². The molecule has 4 nitrogen and oxygen atoms in total. The molecule has 100 valence electrons. The molecule has 2 rings (SSSR count). The fraction of sp³-hybridized carbons (Fsp3) is 0.571. The zero-order valence-electron chi connectivity index (χ0n) is 11.1. The molecule has 0 radical (unpaired) electrons. The van der Waals surface area contributed by atoms with Gasteiger partial charge in [-0.3, -0.25) is 0 Å². The van der Waals surface area contributed by atoms with Crippen molar-refractivity contribution in [2.45, 2.75) is 32.0 Å². The van der Waals surface area contributed by atoms with Gasteiger partial charge >= 0.3 is 0 Å². The Morgan fingerprint density at radius 3 is 2.61 bits per heavy atom. The monoisotopic (exact) mass is 252 g/mol. The van der Waals surface area contributed by atoms with Crippen LogP contribution in [-0.4, -0.2) is 31.5 Å². The minimum absolute atomic E-state index is 0.303. The summed E-state index contributed by atoms with van der Waals surface area (Å²) in [4.78, 5) is 0. The molecule has 0 saturated carbocycles. The maximum absolute atomic E-state index is 10.5. The molecule has 0 saturated heterocycles. The van der Waals surface area contributed by atoms with Gasteiger partial charge in [-0.25, -0.2) is 0 Å². The molecular weight excluding hydrogens is 232 g/mol. The molecule has 4 heteroatoms. The van der Waals surface area contributed by atoms with Gasteiger partial charge in [0.05, 0.1) is 19.3 Å². The van der Waals surface area contributed by atoms with Crippen molar-refractivity contribution in [2.24, 2.45) is 0 Å². The van der Waals surface area contributed by atoms with E-state index >= 15 is 0 Å². The molecule has 2 unspecified atom stereocenters. The first kappa shape index (κ1) is 13.2. The minimum Gasteiger partial charge on any atom is -0.490 e. The zero-order chi connectivity index (χ0) is 13.2. The Morgan fingerprint density at radius 2 is 1.94 bits per heavy atom. The molecule has 2 atom stereocenters. The molecule has 1 N–H and O–H groups in total. The molecule has 1 aliphatic rings. The number of benzene rings is 1. The number of ether oxygens (including phenoxy) is 3. The summed E-state index contributed by atoms with van der Waals surface area (Å²) in [7, 11) is 1.59. The van der Waals surface area contributed by atoms with Gasteiger partial charge in [0.1, 0.15) is 5.60 Å². The van der Waals surface area contributed by atoms with E-state index in [-0.39, 0.29) is 6.10 Å². The fourth-order valence-electron chi connectivity index (χ4n) is 1.94. The predicted molar refractivity (Wildman–Crippen MR) is 68.1 cm³/mol. The molecule has 1 aromatic rings. The van der Waals surface area contributed by atoms with Crippen molar-refractivity contribution in [3.05, 3.63) is 23.8 Å². The minimum atomic E-state index is -1.06. The van der Waals surface area contributed by atoms with Crippen LogP contribution >= 0.6 is 0 Å². The third kappa shape index (κ3) is 2.44. The number of hydrogen-bond acceptors (Lipinski definition) is 4. The van der Waals surface area contributed by atoms with E-state index in [9.17, 15) is 5.11 Å². The van der Waals surface area contributed by atoms with E-state index < -0.39 is 5.60 Å². The van der Waals surface area contributed by atoms with E-state index in [4.69, 9.17) is 14.2 Å². The summed E-state index contributed by atoms with van der Waals surface area (Å²) < 4.78 is 16.4. The number of hydrogen-bond donors (Lipinski definition) is 1. The molecule has 1 heterocycles. The molecule has 0 fully saturated rings. The van der Waals surface area contributed by atoms with Crippen molar-refractivity contribution in [3.8, 4) is 11.5 Å². The molecule has 0 spiro atoms. The van der Waals surface area contributed by atoms with Crippen LogP contribution in [0, 0.1) is 0 Å². The van der Waals surface area contributed by atoms with Crippen LogP contribution in [-0.2, 0) is 10.3 Å². The highest BCUT2D eigenvalue weighted by Crippen LogP contribution is 2.35. The van der Waals surface area contributed by atoms with Crippen LogP contribution in [0.2, 0.25) is 0 Å². The molecule has 1 aromatic carbocycles. The molecular formula is C14H20O4.